The summed E-state index contributed by atoms with van der Waals surface area (Å²) in [5.41, 5.74) is 9.72. The number of nitrogens with zero attached hydrogens (tertiary/aromatic N) is 7. The van der Waals surface area contributed by atoms with Crippen molar-refractivity contribution in [3.8, 4) is 22.5 Å². The van der Waals surface area contributed by atoms with Crippen LogP contribution in [0.2, 0.25) is 0 Å². The van der Waals surface area contributed by atoms with Crippen molar-refractivity contribution < 1.29 is 45.1 Å². The lowest BCUT2D eigenvalue weighted by Crippen LogP contribution is -2.43. The van der Waals surface area contributed by atoms with Crippen LogP contribution in [0.25, 0.3) is 22.5 Å². The molecule has 5 heterocycles. The van der Waals surface area contributed by atoms with E-state index in [1.165, 1.54) is 0 Å². The van der Waals surface area contributed by atoms with Crippen LogP contribution in [0.15, 0.2) is 49.3 Å². The zero-order valence-electron chi connectivity index (χ0n) is 29.4. The Hall–Kier alpha value is -5.13. The van der Waals surface area contributed by atoms with Crippen LogP contribution in [0.3, 0.4) is 0 Å². The second-order valence-corrected chi connectivity index (χ2v) is 13.2. The standard InChI is InChI=1S/C23H26F4N4O3.C12H11F3N4/c1-13-9-28-17(15-10-29-20(30-11-15)23(25,26)27)7-14(13)5-6-19(32)18-8-16(24)12-31(18)21(33)34-22(2,3)4;1-7-4-17-10(2-8(7)3-16)9-5-18-11(19-6-9)12(13,14)15/h7,9-11,16,18H,5-6,8,12H2,1-4H3;2,4-6H,3,16H2,1H3/t16-,18+;/m1./s1. The lowest BCUT2D eigenvalue weighted by molar-refractivity contribution is -0.145. The van der Waals surface area contributed by atoms with E-state index in [9.17, 15) is 40.3 Å². The van der Waals surface area contributed by atoms with E-state index in [0.29, 0.717) is 29.1 Å². The van der Waals surface area contributed by atoms with Crippen LogP contribution in [-0.4, -0.2) is 71.0 Å². The molecule has 0 spiro atoms. The third kappa shape index (κ3) is 10.9. The summed E-state index contributed by atoms with van der Waals surface area (Å²) in [5, 5.41) is 0. The zero-order chi connectivity index (χ0) is 39.3. The molecular weight excluding hydrogens is 713 g/mol. The summed E-state index contributed by atoms with van der Waals surface area (Å²) in [4.78, 5) is 48.1. The number of Topliss-reactive ketones (excluding diaryl/α,β-unsaturated/α-hetero) is 1. The number of pyridine rings is 2. The highest BCUT2D eigenvalue weighted by Gasteiger charge is 2.41. The number of carbonyl (C=O) groups excluding carboxylic acids is 2. The minimum absolute atomic E-state index is 0.0461. The van der Waals surface area contributed by atoms with Crippen molar-refractivity contribution in [2.24, 2.45) is 5.73 Å². The van der Waals surface area contributed by atoms with E-state index in [1.807, 2.05) is 6.92 Å². The smallest absolute Gasteiger partial charge is 0.444 e. The lowest BCUT2D eigenvalue weighted by atomic mass is 9.98. The number of nitrogens with two attached hydrogens (primary N) is 1. The van der Waals surface area contributed by atoms with Crippen LogP contribution in [0, 0.1) is 13.8 Å². The molecule has 18 heteroatoms. The second kappa shape index (κ2) is 16.3. The molecule has 0 aromatic carbocycles. The van der Waals surface area contributed by atoms with Gasteiger partial charge in [0.1, 0.15) is 11.8 Å². The molecule has 1 saturated heterocycles. The fraction of sp³-hybridized carbons (Fsp3) is 0.429. The van der Waals surface area contributed by atoms with E-state index in [4.69, 9.17) is 10.5 Å². The van der Waals surface area contributed by atoms with Gasteiger partial charge in [-0.15, -0.1) is 0 Å². The summed E-state index contributed by atoms with van der Waals surface area (Å²) < 4.78 is 94.5. The summed E-state index contributed by atoms with van der Waals surface area (Å²) in [6.07, 6.45) is -3.50. The van der Waals surface area contributed by atoms with Crippen molar-refractivity contribution in [2.45, 2.75) is 90.6 Å². The Labute approximate surface area is 300 Å². The van der Waals surface area contributed by atoms with Crippen molar-refractivity contribution in [3.63, 3.8) is 0 Å². The monoisotopic (exact) mass is 750 g/mol. The van der Waals surface area contributed by atoms with Crippen molar-refractivity contribution in [2.75, 3.05) is 6.54 Å². The molecule has 0 saturated carbocycles. The average Bonchev–Trinajstić information content (AvgIpc) is 3.49. The first kappa shape index (κ1) is 40.6. The largest absolute Gasteiger partial charge is 0.451 e. The van der Waals surface area contributed by atoms with Crippen LogP contribution in [-0.2, 0) is 34.8 Å². The number of aromatic nitrogens is 6. The maximum absolute atomic E-state index is 14.1. The number of rotatable bonds is 7. The molecular formula is C35H37F7N8O3. The van der Waals surface area contributed by atoms with Gasteiger partial charge in [-0.25, -0.2) is 29.1 Å². The van der Waals surface area contributed by atoms with Gasteiger partial charge in [0.25, 0.3) is 0 Å². The van der Waals surface area contributed by atoms with Crippen LogP contribution in [0.4, 0.5) is 35.5 Å². The van der Waals surface area contributed by atoms with Gasteiger partial charge in [-0.05, 0) is 75.4 Å². The Kier molecular flexibility index (Phi) is 12.5. The number of ketones is 1. The topological polar surface area (TPSA) is 150 Å². The molecule has 11 nitrogen and oxygen atoms in total. The lowest BCUT2D eigenvalue weighted by Gasteiger charge is -2.27. The minimum Gasteiger partial charge on any atom is -0.444 e. The molecule has 284 valence electrons. The molecule has 53 heavy (non-hydrogen) atoms. The summed E-state index contributed by atoms with van der Waals surface area (Å²) in [5.74, 6) is -2.70. The molecule has 1 aliphatic heterocycles. The third-order valence-electron chi connectivity index (χ3n) is 7.94. The minimum atomic E-state index is -4.64. The maximum atomic E-state index is 14.1. The Morgan fingerprint density at radius 3 is 1.66 bits per heavy atom. The number of likely N-dealkylation sites (tertiary alicyclic amines) is 1. The highest BCUT2D eigenvalue weighted by molar-refractivity contribution is 5.88. The van der Waals surface area contributed by atoms with Crippen LogP contribution >= 0.6 is 0 Å². The SMILES string of the molecule is Cc1cnc(-c2cnc(C(F)(F)F)nc2)cc1CCC(=O)[C@@H]1C[C@@H](F)CN1C(=O)OC(C)(C)C.Cc1cnc(-c2cnc(C(F)(F)F)nc2)cc1CN. The van der Waals surface area contributed by atoms with Gasteiger partial charge in [-0.2, -0.15) is 26.3 Å². The average molecular weight is 751 g/mol. The highest BCUT2D eigenvalue weighted by atomic mass is 19.4. The van der Waals surface area contributed by atoms with Crippen LogP contribution in [0.1, 0.15) is 67.5 Å². The number of hydrogen-bond donors (Lipinski definition) is 1. The number of hydrogen-bond acceptors (Lipinski definition) is 10. The third-order valence-corrected chi connectivity index (χ3v) is 7.94. The molecule has 4 aromatic rings. The Bertz CT molecular complexity index is 1900. The first-order valence-electron chi connectivity index (χ1n) is 16.2. The summed E-state index contributed by atoms with van der Waals surface area (Å²) >= 11 is 0. The first-order valence-corrected chi connectivity index (χ1v) is 16.2. The fourth-order valence-corrected chi connectivity index (χ4v) is 5.19. The number of aryl methyl sites for hydroxylation is 3. The molecule has 0 radical (unpaired) electrons. The molecule has 2 atom stereocenters. The number of amides is 1. The van der Waals surface area contributed by atoms with Gasteiger partial charge < -0.3 is 10.5 Å². The van der Waals surface area contributed by atoms with E-state index in [-0.39, 0.29) is 31.6 Å². The number of carbonyl (C=O) groups is 2. The Morgan fingerprint density at radius 2 is 1.23 bits per heavy atom. The number of halogens is 7. The number of ether oxygens (including phenoxy) is 1. The van der Waals surface area contributed by atoms with Crippen molar-refractivity contribution >= 4 is 11.9 Å². The Morgan fingerprint density at radius 1 is 0.774 bits per heavy atom. The summed E-state index contributed by atoms with van der Waals surface area (Å²) in [6.45, 7) is 8.87. The maximum Gasteiger partial charge on any atom is 0.451 e. The van der Waals surface area contributed by atoms with Crippen LogP contribution < -0.4 is 5.73 Å². The molecule has 5 rings (SSSR count). The van der Waals surface area contributed by atoms with E-state index >= 15 is 0 Å². The van der Waals surface area contributed by atoms with Crippen LogP contribution in [0.5, 0.6) is 0 Å². The van der Waals surface area contributed by atoms with E-state index in [2.05, 4.69) is 29.9 Å². The van der Waals surface area contributed by atoms with Gasteiger partial charge in [0.15, 0.2) is 5.78 Å². The molecule has 0 aliphatic carbocycles. The van der Waals surface area contributed by atoms with E-state index in [1.54, 1.807) is 52.2 Å². The molecule has 2 N–H and O–H groups in total. The van der Waals surface area contributed by atoms with Gasteiger partial charge in [0.05, 0.1) is 24.0 Å². The van der Waals surface area contributed by atoms with Crippen molar-refractivity contribution in [1.82, 2.24) is 34.8 Å². The van der Waals surface area contributed by atoms with Crippen molar-refractivity contribution in [3.05, 3.63) is 83.2 Å². The van der Waals surface area contributed by atoms with E-state index in [0.717, 1.165) is 51.9 Å². The molecule has 0 bridgehead atoms. The second-order valence-electron chi connectivity index (χ2n) is 13.2. The molecule has 1 aliphatic rings. The van der Waals surface area contributed by atoms with Gasteiger partial charge >= 0.3 is 18.4 Å². The normalized spacial score (nSPS) is 16.2. The summed E-state index contributed by atoms with van der Waals surface area (Å²) in [7, 11) is 0. The van der Waals surface area contributed by atoms with Gasteiger partial charge in [0.2, 0.25) is 11.6 Å². The van der Waals surface area contributed by atoms with Gasteiger partial charge in [-0.1, -0.05) is 0 Å². The molecule has 0 unspecified atom stereocenters. The van der Waals surface area contributed by atoms with Gasteiger partial charge in [0, 0.05) is 67.7 Å². The first-order chi connectivity index (χ1) is 24.7. The predicted octanol–water partition coefficient (Wildman–Crippen LogP) is 7.04. The number of alkyl halides is 7. The molecule has 4 aromatic heterocycles. The quantitative estimate of drug-likeness (QED) is 0.195. The van der Waals surface area contributed by atoms with Gasteiger partial charge in [-0.3, -0.25) is 19.7 Å². The molecule has 1 fully saturated rings. The van der Waals surface area contributed by atoms with Crippen molar-refractivity contribution in [1.29, 1.82) is 0 Å². The van der Waals surface area contributed by atoms with E-state index < -0.39 is 47.9 Å². The Balaban J connectivity index is 0.000000278. The molecule has 1 amide bonds. The predicted molar refractivity (Wildman–Crippen MR) is 177 cm³/mol. The zero-order valence-corrected chi connectivity index (χ0v) is 29.4. The fourth-order valence-electron chi connectivity index (χ4n) is 5.19. The summed E-state index contributed by atoms with van der Waals surface area (Å²) in [6, 6.07) is 2.48. The highest BCUT2D eigenvalue weighted by Crippen LogP contribution is 2.29.